The second kappa shape index (κ2) is 5.80. The van der Waals surface area contributed by atoms with E-state index in [0.717, 1.165) is 12.1 Å². The van der Waals surface area contributed by atoms with E-state index in [4.69, 9.17) is 10.2 Å². The number of halogens is 1. The number of carboxylic acid groups (broad SMARTS) is 1. The van der Waals surface area contributed by atoms with Crippen molar-refractivity contribution in [3.05, 3.63) is 30.1 Å². The molecule has 6 nitrogen and oxygen atoms in total. The molecule has 1 aromatic rings. The second-order valence-electron chi connectivity index (χ2n) is 3.18. The number of hydrogen-bond acceptors (Lipinski definition) is 3. The van der Waals surface area contributed by atoms with Gasteiger partial charge in [0.25, 0.3) is 0 Å². The third-order valence-electron chi connectivity index (χ3n) is 1.89. The lowest BCUT2D eigenvalue weighted by molar-refractivity contribution is -0.140. The van der Waals surface area contributed by atoms with Gasteiger partial charge in [0.2, 0.25) is 0 Å². The lowest BCUT2D eigenvalue weighted by Gasteiger charge is -2.12. The summed E-state index contributed by atoms with van der Waals surface area (Å²) in [6.45, 7) is -0.716. The van der Waals surface area contributed by atoms with Gasteiger partial charge in [-0.05, 0) is 24.3 Å². The Kier molecular flexibility index (Phi) is 4.41. The van der Waals surface area contributed by atoms with Gasteiger partial charge in [-0.3, -0.25) is 0 Å². The molecule has 7 heteroatoms. The molecule has 0 heterocycles. The first-order valence-corrected chi connectivity index (χ1v) is 4.69. The first-order chi connectivity index (χ1) is 8.02. The van der Waals surface area contributed by atoms with E-state index in [1.165, 1.54) is 12.1 Å². The lowest BCUT2D eigenvalue weighted by atomic mass is 10.3. The zero-order chi connectivity index (χ0) is 12.8. The monoisotopic (exact) mass is 242 g/mol. The van der Waals surface area contributed by atoms with Crippen LogP contribution in [0.5, 0.6) is 0 Å². The first-order valence-electron chi connectivity index (χ1n) is 4.69. The zero-order valence-electron chi connectivity index (χ0n) is 8.68. The quantitative estimate of drug-likeness (QED) is 0.614. The Morgan fingerprint density at radius 1 is 1.29 bits per heavy atom. The van der Waals surface area contributed by atoms with Crippen molar-refractivity contribution in [2.75, 3.05) is 11.9 Å². The Morgan fingerprint density at radius 3 is 2.35 bits per heavy atom. The van der Waals surface area contributed by atoms with Gasteiger partial charge in [-0.15, -0.1) is 0 Å². The van der Waals surface area contributed by atoms with E-state index in [-0.39, 0.29) is 0 Å². The van der Waals surface area contributed by atoms with Crippen LogP contribution in [0.15, 0.2) is 24.3 Å². The van der Waals surface area contributed by atoms with E-state index < -0.39 is 30.5 Å². The fourth-order valence-electron chi connectivity index (χ4n) is 1.04. The normalized spacial score (nSPS) is 11.6. The summed E-state index contributed by atoms with van der Waals surface area (Å²) in [7, 11) is 0. The fourth-order valence-corrected chi connectivity index (χ4v) is 1.04. The highest BCUT2D eigenvalue weighted by Crippen LogP contribution is 2.07. The predicted molar refractivity (Wildman–Crippen MR) is 57.1 cm³/mol. The number of nitrogens with one attached hydrogen (secondary N) is 2. The number of carbonyl (C=O) groups excluding carboxylic acids is 1. The molecule has 0 aliphatic heterocycles. The summed E-state index contributed by atoms with van der Waals surface area (Å²) >= 11 is 0. The largest absolute Gasteiger partial charge is 0.480 e. The molecule has 0 aromatic heterocycles. The molecule has 0 aliphatic rings. The van der Waals surface area contributed by atoms with Gasteiger partial charge in [0, 0.05) is 5.69 Å². The molecule has 92 valence electrons. The third kappa shape index (κ3) is 4.07. The molecule has 0 radical (unpaired) electrons. The maximum Gasteiger partial charge on any atom is 0.328 e. The standard InChI is InChI=1S/C10H11FN2O4/c11-6-1-3-7(4-2-6)12-10(17)13-8(5-14)9(15)16/h1-4,8,14H,5H2,(H,15,16)(H2,12,13,17)/t8-/m0/s1. The first kappa shape index (κ1) is 12.9. The van der Waals surface area contributed by atoms with Crippen molar-refractivity contribution in [2.24, 2.45) is 0 Å². The van der Waals surface area contributed by atoms with Crippen LogP contribution in [0, 0.1) is 5.82 Å². The van der Waals surface area contributed by atoms with Crippen molar-refractivity contribution in [2.45, 2.75) is 6.04 Å². The van der Waals surface area contributed by atoms with Crippen molar-refractivity contribution in [3.63, 3.8) is 0 Å². The van der Waals surface area contributed by atoms with Crippen LogP contribution >= 0.6 is 0 Å². The van der Waals surface area contributed by atoms with E-state index in [0.29, 0.717) is 5.69 Å². The third-order valence-corrected chi connectivity index (χ3v) is 1.89. The summed E-state index contributed by atoms with van der Waals surface area (Å²) < 4.78 is 12.6. The van der Waals surface area contributed by atoms with E-state index in [9.17, 15) is 14.0 Å². The molecule has 0 spiro atoms. The predicted octanol–water partition coefficient (Wildman–Crippen LogP) is 0.393. The van der Waals surface area contributed by atoms with Crippen molar-refractivity contribution in [3.8, 4) is 0 Å². The number of urea groups is 1. The van der Waals surface area contributed by atoms with Gasteiger partial charge in [0.05, 0.1) is 6.61 Å². The Morgan fingerprint density at radius 2 is 1.88 bits per heavy atom. The summed E-state index contributed by atoms with van der Waals surface area (Å²) in [5.74, 6) is -1.79. The van der Waals surface area contributed by atoms with Gasteiger partial charge < -0.3 is 20.8 Å². The molecular formula is C10H11FN2O4. The van der Waals surface area contributed by atoms with E-state index >= 15 is 0 Å². The van der Waals surface area contributed by atoms with Gasteiger partial charge in [-0.2, -0.15) is 0 Å². The molecule has 0 unspecified atom stereocenters. The smallest absolute Gasteiger partial charge is 0.328 e. The summed E-state index contributed by atoms with van der Waals surface area (Å²) in [5.41, 5.74) is 0.311. The Balaban J connectivity index is 2.54. The topological polar surface area (TPSA) is 98.7 Å². The summed E-state index contributed by atoms with van der Waals surface area (Å²) in [6, 6.07) is 2.77. The van der Waals surface area contributed by atoms with Crippen molar-refractivity contribution < 1.29 is 24.2 Å². The van der Waals surface area contributed by atoms with Crippen molar-refractivity contribution in [1.29, 1.82) is 0 Å². The SMILES string of the molecule is O=C(Nc1ccc(F)cc1)N[C@@H](CO)C(=O)O. The number of aliphatic carboxylic acids is 1. The second-order valence-corrected chi connectivity index (χ2v) is 3.18. The number of carbonyl (C=O) groups is 2. The minimum atomic E-state index is -1.38. The van der Waals surface area contributed by atoms with Crippen molar-refractivity contribution in [1.82, 2.24) is 5.32 Å². The molecule has 1 atom stereocenters. The Labute approximate surface area is 96.1 Å². The number of rotatable bonds is 4. The van der Waals surface area contributed by atoms with Crippen LogP contribution in [0.3, 0.4) is 0 Å². The number of aliphatic hydroxyl groups is 1. The molecular weight excluding hydrogens is 231 g/mol. The molecule has 0 fully saturated rings. The number of benzene rings is 1. The van der Waals surface area contributed by atoms with Gasteiger partial charge in [0.15, 0.2) is 6.04 Å². The molecule has 0 saturated carbocycles. The molecule has 0 aliphatic carbocycles. The van der Waals surface area contributed by atoms with Gasteiger partial charge in [-0.1, -0.05) is 0 Å². The number of anilines is 1. The minimum Gasteiger partial charge on any atom is -0.480 e. The average molecular weight is 242 g/mol. The van der Waals surface area contributed by atoms with E-state index in [1.54, 1.807) is 0 Å². The minimum absolute atomic E-state index is 0.311. The average Bonchev–Trinajstić information content (AvgIpc) is 2.28. The molecule has 1 rings (SSSR count). The molecule has 2 amide bonds. The molecule has 0 saturated heterocycles. The maximum absolute atomic E-state index is 12.6. The number of aliphatic hydroxyl groups excluding tert-OH is 1. The number of hydrogen-bond donors (Lipinski definition) is 4. The fraction of sp³-hybridized carbons (Fsp3) is 0.200. The van der Waals surface area contributed by atoms with Crippen LogP contribution in [-0.4, -0.2) is 34.9 Å². The van der Waals surface area contributed by atoms with Crippen LogP contribution in [0.4, 0.5) is 14.9 Å². The summed E-state index contributed by atoms with van der Waals surface area (Å²) in [5, 5.41) is 21.6. The highest BCUT2D eigenvalue weighted by atomic mass is 19.1. The molecule has 4 N–H and O–H groups in total. The van der Waals surface area contributed by atoms with E-state index in [2.05, 4.69) is 5.32 Å². The molecule has 17 heavy (non-hydrogen) atoms. The number of carboxylic acids is 1. The zero-order valence-corrected chi connectivity index (χ0v) is 8.68. The van der Waals surface area contributed by atoms with Gasteiger partial charge >= 0.3 is 12.0 Å². The van der Waals surface area contributed by atoms with Crippen LogP contribution in [0.1, 0.15) is 0 Å². The van der Waals surface area contributed by atoms with Gasteiger partial charge in [0.1, 0.15) is 5.82 Å². The number of amides is 2. The summed E-state index contributed by atoms with van der Waals surface area (Å²) in [4.78, 5) is 21.8. The van der Waals surface area contributed by atoms with Gasteiger partial charge in [-0.25, -0.2) is 14.0 Å². The Bertz CT molecular complexity index is 407. The maximum atomic E-state index is 12.6. The molecule has 1 aromatic carbocycles. The van der Waals surface area contributed by atoms with Crippen LogP contribution < -0.4 is 10.6 Å². The van der Waals surface area contributed by atoms with Crippen LogP contribution in [0.2, 0.25) is 0 Å². The Hall–Kier alpha value is -2.15. The lowest BCUT2D eigenvalue weighted by Crippen LogP contribution is -2.45. The highest BCUT2D eigenvalue weighted by Gasteiger charge is 2.18. The van der Waals surface area contributed by atoms with Crippen molar-refractivity contribution >= 4 is 17.7 Å². The van der Waals surface area contributed by atoms with Crippen LogP contribution in [-0.2, 0) is 4.79 Å². The molecule has 0 bridgehead atoms. The summed E-state index contributed by atoms with van der Waals surface area (Å²) in [6.07, 6.45) is 0. The van der Waals surface area contributed by atoms with E-state index in [1.807, 2.05) is 5.32 Å². The highest BCUT2D eigenvalue weighted by molar-refractivity contribution is 5.92. The van der Waals surface area contributed by atoms with Crippen LogP contribution in [0.25, 0.3) is 0 Å².